The normalized spacial score (nSPS) is 17.4. The summed E-state index contributed by atoms with van der Waals surface area (Å²) < 4.78 is 12.8. The summed E-state index contributed by atoms with van der Waals surface area (Å²) in [5.74, 6) is 0.576. The number of aromatic nitrogens is 2. The zero-order valence-electron chi connectivity index (χ0n) is 12.5. The molecular formula is C16H19N3O3. The van der Waals surface area contributed by atoms with Crippen LogP contribution in [0.1, 0.15) is 23.2 Å². The number of nitrogens with one attached hydrogen (secondary N) is 1. The molecule has 0 aliphatic carbocycles. The highest BCUT2D eigenvalue weighted by Gasteiger charge is 2.16. The lowest BCUT2D eigenvalue weighted by Crippen LogP contribution is -2.16. The van der Waals surface area contributed by atoms with Gasteiger partial charge in [0.1, 0.15) is 12.4 Å². The van der Waals surface area contributed by atoms with Crippen molar-refractivity contribution in [2.24, 2.45) is 7.05 Å². The van der Waals surface area contributed by atoms with Crippen molar-refractivity contribution < 1.29 is 14.3 Å². The van der Waals surface area contributed by atoms with Crippen molar-refractivity contribution >= 4 is 11.6 Å². The third-order valence-electron chi connectivity index (χ3n) is 3.54. The molecular weight excluding hydrogens is 282 g/mol. The molecule has 0 saturated carbocycles. The lowest BCUT2D eigenvalue weighted by Gasteiger charge is -2.11. The molecule has 116 valence electrons. The summed E-state index contributed by atoms with van der Waals surface area (Å²) in [6.45, 7) is 1.38. The van der Waals surface area contributed by atoms with Crippen LogP contribution in [-0.2, 0) is 11.8 Å². The highest BCUT2D eigenvalue weighted by atomic mass is 16.5. The minimum absolute atomic E-state index is 0.168. The monoisotopic (exact) mass is 301 g/mol. The Hall–Kier alpha value is -2.34. The van der Waals surface area contributed by atoms with Gasteiger partial charge < -0.3 is 14.8 Å². The largest absolute Gasteiger partial charge is 0.491 e. The van der Waals surface area contributed by atoms with Gasteiger partial charge in [0.2, 0.25) is 0 Å². The third-order valence-corrected chi connectivity index (χ3v) is 3.54. The first kappa shape index (κ1) is 14.6. The van der Waals surface area contributed by atoms with Gasteiger partial charge >= 0.3 is 0 Å². The van der Waals surface area contributed by atoms with Crippen LogP contribution >= 0.6 is 0 Å². The van der Waals surface area contributed by atoms with E-state index in [-0.39, 0.29) is 12.0 Å². The number of carbonyl (C=O) groups is 1. The van der Waals surface area contributed by atoms with Gasteiger partial charge in [0.15, 0.2) is 0 Å². The average molecular weight is 301 g/mol. The maximum atomic E-state index is 12.1. The van der Waals surface area contributed by atoms with Gasteiger partial charge in [-0.25, -0.2) is 0 Å². The Balaban J connectivity index is 1.54. The molecule has 22 heavy (non-hydrogen) atoms. The Morgan fingerprint density at radius 2 is 2.27 bits per heavy atom. The number of aryl methyl sites for hydroxylation is 1. The molecule has 1 aliphatic rings. The van der Waals surface area contributed by atoms with Gasteiger partial charge in [-0.3, -0.25) is 9.48 Å². The van der Waals surface area contributed by atoms with Gasteiger partial charge in [0.25, 0.3) is 5.91 Å². The lowest BCUT2D eigenvalue weighted by atomic mass is 10.2. The molecule has 1 saturated heterocycles. The zero-order chi connectivity index (χ0) is 15.4. The minimum atomic E-state index is -0.168. The molecule has 2 heterocycles. The zero-order valence-corrected chi connectivity index (χ0v) is 12.5. The molecule has 6 heteroatoms. The second-order valence-corrected chi connectivity index (χ2v) is 5.33. The van der Waals surface area contributed by atoms with Crippen molar-refractivity contribution in [2.75, 3.05) is 18.5 Å². The van der Waals surface area contributed by atoms with E-state index in [0.29, 0.717) is 17.9 Å². The summed E-state index contributed by atoms with van der Waals surface area (Å²) in [7, 11) is 1.80. The molecule has 1 N–H and O–H groups in total. The Morgan fingerprint density at radius 3 is 2.91 bits per heavy atom. The number of anilines is 1. The van der Waals surface area contributed by atoms with Crippen molar-refractivity contribution in [1.29, 1.82) is 0 Å². The summed E-state index contributed by atoms with van der Waals surface area (Å²) in [6.07, 6.45) is 5.69. The van der Waals surface area contributed by atoms with Crippen molar-refractivity contribution in [2.45, 2.75) is 18.9 Å². The molecule has 0 bridgehead atoms. The molecule has 1 aliphatic heterocycles. The summed E-state index contributed by atoms with van der Waals surface area (Å²) in [5.41, 5.74) is 1.25. The van der Waals surface area contributed by atoms with E-state index in [9.17, 15) is 4.79 Å². The molecule has 6 nitrogen and oxygen atoms in total. The number of nitrogens with zero attached hydrogens (tertiary/aromatic N) is 2. The second kappa shape index (κ2) is 6.62. The first-order chi connectivity index (χ1) is 10.7. The summed E-state index contributed by atoms with van der Waals surface area (Å²) in [6, 6.07) is 7.09. The van der Waals surface area contributed by atoms with Crippen LogP contribution in [0.4, 0.5) is 5.69 Å². The fraction of sp³-hybridized carbons (Fsp3) is 0.375. The number of hydrogen-bond donors (Lipinski definition) is 1. The maximum absolute atomic E-state index is 12.1. The quantitative estimate of drug-likeness (QED) is 0.919. The number of hydrogen-bond acceptors (Lipinski definition) is 4. The van der Waals surface area contributed by atoms with Crippen LogP contribution in [0.25, 0.3) is 0 Å². The minimum Gasteiger partial charge on any atom is -0.491 e. The molecule has 1 unspecified atom stereocenters. The van der Waals surface area contributed by atoms with Crippen LogP contribution in [0.5, 0.6) is 5.75 Å². The molecule has 1 fully saturated rings. The van der Waals surface area contributed by atoms with E-state index < -0.39 is 0 Å². The number of ether oxygens (including phenoxy) is 2. The molecule has 0 radical (unpaired) electrons. The van der Waals surface area contributed by atoms with E-state index >= 15 is 0 Å². The van der Waals surface area contributed by atoms with Crippen molar-refractivity contribution in [3.05, 3.63) is 42.2 Å². The lowest BCUT2D eigenvalue weighted by molar-refractivity contribution is 0.0679. The Bertz CT molecular complexity index is 630. The Labute approximate surface area is 129 Å². The molecule has 2 aromatic rings. The van der Waals surface area contributed by atoms with E-state index in [1.54, 1.807) is 48.4 Å². The first-order valence-corrected chi connectivity index (χ1v) is 7.35. The van der Waals surface area contributed by atoms with Gasteiger partial charge in [-0.2, -0.15) is 5.10 Å². The van der Waals surface area contributed by atoms with Crippen LogP contribution in [0.3, 0.4) is 0 Å². The third kappa shape index (κ3) is 3.65. The highest BCUT2D eigenvalue weighted by molar-refractivity contribution is 6.04. The number of benzene rings is 1. The van der Waals surface area contributed by atoms with Crippen LogP contribution in [0, 0.1) is 0 Å². The summed E-state index contributed by atoms with van der Waals surface area (Å²) in [4.78, 5) is 12.1. The Morgan fingerprint density at radius 1 is 1.45 bits per heavy atom. The van der Waals surface area contributed by atoms with E-state index in [1.165, 1.54) is 0 Å². The topological polar surface area (TPSA) is 65.4 Å². The van der Waals surface area contributed by atoms with Crippen molar-refractivity contribution in [3.8, 4) is 5.75 Å². The SMILES string of the molecule is Cn1cc(NC(=O)c2ccc(OCC3CCCO3)cc2)cn1. The van der Waals surface area contributed by atoms with Gasteiger partial charge in [0, 0.05) is 25.4 Å². The summed E-state index contributed by atoms with van der Waals surface area (Å²) >= 11 is 0. The molecule has 1 aromatic heterocycles. The van der Waals surface area contributed by atoms with Gasteiger partial charge in [-0.1, -0.05) is 0 Å². The molecule has 3 rings (SSSR count). The van der Waals surface area contributed by atoms with Crippen LogP contribution < -0.4 is 10.1 Å². The average Bonchev–Trinajstić information content (AvgIpc) is 3.17. The number of rotatable bonds is 5. The molecule has 1 atom stereocenters. The molecule has 0 spiro atoms. The van der Waals surface area contributed by atoms with Gasteiger partial charge in [-0.05, 0) is 37.1 Å². The Kier molecular flexibility index (Phi) is 4.39. The van der Waals surface area contributed by atoms with Gasteiger partial charge in [-0.15, -0.1) is 0 Å². The number of amides is 1. The van der Waals surface area contributed by atoms with E-state index in [1.807, 2.05) is 0 Å². The van der Waals surface area contributed by atoms with E-state index in [2.05, 4.69) is 10.4 Å². The van der Waals surface area contributed by atoms with Gasteiger partial charge in [0.05, 0.1) is 18.0 Å². The highest BCUT2D eigenvalue weighted by Crippen LogP contribution is 2.17. The van der Waals surface area contributed by atoms with Crippen molar-refractivity contribution in [1.82, 2.24) is 9.78 Å². The van der Waals surface area contributed by atoms with E-state index in [0.717, 1.165) is 25.2 Å². The fourth-order valence-electron chi connectivity index (χ4n) is 2.36. The van der Waals surface area contributed by atoms with Crippen LogP contribution in [0.15, 0.2) is 36.7 Å². The standard InChI is InChI=1S/C16H19N3O3/c1-19-10-13(9-17-19)18-16(20)12-4-6-14(7-5-12)22-11-15-3-2-8-21-15/h4-7,9-10,15H,2-3,8,11H2,1H3,(H,18,20). The summed E-state index contributed by atoms with van der Waals surface area (Å²) in [5, 5.41) is 6.80. The second-order valence-electron chi connectivity index (χ2n) is 5.33. The van der Waals surface area contributed by atoms with E-state index in [4.69, 9.17) is 9.47 Å². The smallest absolute Gasteiger partial charge is 0.255 e. The van der Waals surface area contributed by atoms with Crippen LogP contribution in [-0.4, -0.2) is 35.0 Å². The predicted octanol–water partition coefficient (Wildman–Crippen LogP) is 2.23. The van der Waals surface area contributed by atoms with Crippen LogP contribution in [0.2, 0.25) is 0 Å². The van der Waals surface area contributed by atoms with Crippen molar-refractivity contribution in [3.63, 3.8) is 0 Å². The number of carbonyl (C=O) groups excluding carboxylic acids is 1. The predicted molar refractivity (Wildman–Crippen MR) is 82.1 cm³/mol. The maximum Gasteiger partial charge on any atom is 0.255 e. The molecule has 1 aromatic carbocycles. The first-order valence-electron chi connectivity index (χ1n) is 7.35. The molecule has 1 amide bonds. The fourth-order valence-corrected chi connectivity index (χ4v) is 2.36.